The van der Waals surface area contributed by atoms with E-state index in [0.717, 1.165) is 17.2 Å². The lowest BCUT2D eigenvalue weighted by molar-refractivity contribution is 0.148. The Kier molecular flexibility index (Phi) is 5.60. The third-order valence-electron chi connectivity index (χ3n) is 2.95. The highest BCUT2D eigenvalue weighted by molar-refractivity contribution is 5.47. The first-order valence-electron chi connectivity index (χ1n) is 7.03. The van der Waals surface area contributed by atoms with Crippen LogP contribution in [0.3, 0.4) is 0 Å². The van der Waals surface area contributed by atoms with Crippen LogP contribution in [-0.4, -0.2) is 43.3 Å². The van der Waals surface area contributed by atoms with Gasteiger partial charge in [-0.1, -0.05) is 18.2 Å². The quantitative estimate of drug-likeness (QED) is 0.821. The number of aliphatic hydroxyl groups excluding tert-OH is 1. The Morgan fingerprint density at radius 1 is 1.00 bits per heavy atom. The van der Waals surface area contributed by atoms with E-state index in [1.165, 1.54) is 0 Å². The van der Waals surface area contributed by atoms with Gasteiger partial charge in [-0.3, -0.25) is 0 Å². The lowest BCUT2D eigenvalue weighted by Crippen LogP contribution is -2.31. The summed E-state index contributed by atoms with van der Waals surface area (Å²) in [4.78, 5) is 1.96. The van der Waals surface area contributed by atoms with Gasteiger partial charge in [0.15, 0.2) is 0 Å². The molecule has 0 aliphatic carbocycles. The lowest BCUT2D eigenvalue weighted by atomic mass is 10.2. The van der Waals surface area contributed by atoms with Crippen LogP contribution in [0.4, 0.5) is 5.69 Å². The van der Waals surface area contributed by atoms with Gasteiger partial charge in [0.1, 0.15) is 11.5 Å². The summed E-state index contributed by atoms with van der Waals surface area (Å²) in [6.45, 7) is 1.17. The molecule has 2 aromatic rings. The van der Waals surface area contributed by atoms with Gasteiger partial charge in [0.25, 0.3) is 0 Å². The Morgan fingerprint density at radius 2 is 1.62 bits per heavy atom. The molecule has 1 atom stereocenters. The van der Waals surface area contributed by atoms with E-state index in [4.69, 9.17) is 4.74 Å². The van der Waals surface area contributed by atoms with Gasteiger partial charge in [0.2, 0.25) is 0 Å². The van der Waals surface area contributed by atoms with Crippen LogP contribution in [0, 0.1) is 0 Å². The van der Waals surface area contributed by atoms with E-state index >= 15 is 0 Å². The zero-order valence-electron chi connectivity index (χ0n) is 12.5. The summed E-state index contributed by atoms with van der Waals surface area (Å²) in [5.74, 6) is 1.61. The summed E-state index contributed by atoms with van der Waals surface area (Å²) in [6.07, 6.45) is -0.389. The van der Waals surface area contributed by atoms with Gasteiger partial charge in [0.05, 0.1) is 6.10 Å². The van der Waals surface area contributed by atoms with Crippen molar-refractivity contribution in [3.8, 4) is 11.5 Å². The van der Waals surface area contributed by atoms with Crippen LogP contribution in [0.15, 0.2) is 54.6 Å². The van der Waals surface area contributed by atoms with Crippen LogP contribution < -0.4 is 10.1 Å². The number of para-hydroxylation sites is 1. The van der Waals surface area contributed by atoms with E-state index in [2.05, 4.69) is 5.32 Å². The molecule has 0 spiro atoms. The Bertz CT molecular complexity index is 526. The highest BCUT2D eigenvalue weighted by atomic mass is 16.5. The largest absolute Gasteiger partial charge is 0.457 e. The van der Waals surface area contributed by atoms with Crippen molar-refractivity contribution in [2.75, 3.05) is 32.5 Å². The number of likely N-dealkylation sites (N-methyl/N-ethyl adjacent to an activating group) is 1. The molecule has 0 aliphatic heterocycles. The average molecular weight is 286 g/mol. The molecule has 0 radical (unpaired) electrons. The average Bonchev–Trinajstić information content (AvgIpc) is 2.47. The van der Waals surface area contributed by atoms with Crippen molar-refractivity contribution < 1.29 is 9.84 Å². The fraction of sp³-hybridized carbons (Fsp3) is 0.294. The monoisotopic (exact) mass is 286 g/mol. The van der Waals surface area contributed by atoms with Crippen LogP contribution >= 0.6 is 0 Å². The molecule has 0 aliphatic rings. The number of nitrogens with one attached hydrogen (secondary N) is 1. The summed E-state index contributed by atoms with van der Waals surface area (Å²) in [5, 5.41) is 13.0. The van der Waals surface area contributed by atoms with Crippen LogP contribution in [0.25, 0.3) is 0 Å². The van der Waals surface area contributed by atoms with E-state index in [-0.39, 0.29) is 6.10 Å². The zero-order chi connectivity index (χ0) is 15.1. The molecule has 112 valence electrons. The number of ether oxygens (including phenoxy) is 1. The number of hydrogen-bond acceptors (Lipinski definition) is 4. The third-order valence-corrected chi connectivity index (χ3v) is 2.95. The van der Waals surface area contributed by atoms with E-state index < -0.39 is 0 Å². The van der Waals surface area contributed by atoms with Gasteiger partial charge >= 0.3 is 0 Å². The normalized spacial score (nSPS) is 12.2. The number of anilines is 1. The molecule has 0 fully saturated rings. The first kappa shape index (κ1) is 15.4. The summed E-state index contributed by atoms with van der Waals surface area (Å²) in [7, 11) is 3.89. The van der Waals surface area contributed by atoms with Crippen LogP contribution in [0.2, 0.25) is 0 Å². The maximum absolute atomic E-state index is 9.80. The number of benzene rings is 2. The highest BCUT2D eigenvalue weighted by Crippen LogP contribution is 2.22. The van der Waals surface area contributed by atoms with E-state index in [1.807, 2.05) is 73.6 Å². The standard InChI is InChI=1S/C17H22N2O2/c1-19(2)13-15(20)12-18-14-8-10-17(11-9-14)21-16-6-4-3-5-7-16/h3-11,15,18,20H,12-13H2,1-2H3. The smallest absolute Gasteiger partial charge is 0.127 e. The second-order valence-corrected chi connectivity index (χ2v) is 5.24. The summed E-state index contributed by atoms with van der Waals surface area (Å²) in [5.41, 5.74) is 0.966. The minimum atomic E-state index is -0.389. The predicted molar refractivity (Wildman–Crippen MR) is 86.0 cm³/mol. The molecule has 1 unspecified atom stereocenters. The van der Waals surface area contributed by atoms with Gasteiger partial charge in [-0.15, -0.1) is 0 Å². The van der Waals surface area contributed by atoms with Crippen molar-refractivity contribution in [2.45, 2.75) is 6.10 Å². The Morgan fingerprint density at radius 3 is 2.24 bits per heavy atom. The molecular formula is C17H22N2O2. The molecule has 2 N–H and O–H groups in total. The molecule has 0 aromatic heterocycles. The minimum absolute atomic E-state index is 0.389. The lowest BCUT2D eigenvalue weighted by Gasteiger charge is -2.17. The second kappa shape index (κ2) is 7.67. The summed E-state index contributed by atoms with van der Waals surface area (Å²) >= 11 is 0. The number of rotatable bonds is 7. The fourth-order valence-electron chi connectivity index (χ4n) is 1.99. The second-order valence-electron chi connectivity index (χ2n) is 5.24. The topological polar surface area (TPSA) is 44.7 Å². The first-order chi connectivity index (χ1) is 10.1. The van der Waals surface area contributed by atoms with Gasteiger partial charge in [-0.05, 0) is 50.5 Å². The van der Waals surface area contributed by atoms with E-state index in [1.54, 1.807) is 0 Å². The zero-order valence-corrected chi connectivity index (χ0v) is 12.5. The van der Waals surface area contributed by atoms with Crippen molar-refractivity contribution in [1.29, 1.82) is 0 Å². The molecule has 4 nitrogen and oxygen atoms in total. The summed E-state index contributed by atoms with van der Waals surface area (Å²) < 4.78 is 5.73. The SMILES string of the molecule is CN(C)CC(O)CNc1ccc(Oc2ccccc2)cc1. The minimum Gasteiger partial charge on any atom is -0.457 e. The molecule has 0 saturated carbocycles. The van der Waals surface area contributed by atoms with Crippen molar-refractivity contribution in [3.05, 3.63) is 54.6 Å². The molecule has 21 heavy (non-hydrogen) atoms. The Balaban J connectivity index is 1.84. The molecule has 4 heteroatoms. The van der Waals surface area contributed by atoms with E-state index in [9.17, 15) is 5.11 Å². The molecule has 2 aromatic carbocycles. The van der Waals surface area contributed by atoms with E-state index in [0.29, 0.717) is 13.1 Å². The number of hydrogen-bond donors (Lipinski definition) is 2. The van der Waals surface area contributed by atoms with Crippen molar-refractivity contribution in [3.63, 3.8) is 0 Å². The van der Waals surface area contributed by atoms with Crippen LogP contribution in [-0.2, 0) is 0 Å². The maximum atomic E-state index is 9.80. The maximum Gasteiger partial charge on any atom is 0.127 e. The Hall–Kier alpha value is -2.04. The predicted octanol–water partition coefficient (Wildman–Crippen LogP) is 2.81. The molecule has 2 rings (SSSR count). The van der Waals surface area contributed by atoms with Crippen molar-refractivity contribution >= 4 is 5.69 Å². The molecule has 0 bridgehead atoms. The van der Waals surface area contributed by atoms with Crippen molar-refractivity contribution in [1.82, 2.24) is 4.90 Å². The molecular weight excluding hydrogens is 264 g/mol. The molecule has 0 amide bonds. The van der Waals surface area contributed by atoms with Gasteiger partial charge in [-0.2, -0.15) is 0 Å². The third kappa shape index (κ3) is 5.45. The fourth-order valence-corrected chi connectivity index (χ4v) is 1.99. The van der Waals surface area contributed by atoms with Gasteiger partial charge in [0, 0.05) is 18.8 Å². The summed E-state index contributed by atoms with van der Waals surface area (Å²) in [6, 6.07) is 17.4. The molecule has 0 saturated heterocycles. The number of nitrogens with zero attached hydrogens (tertiary/aromatic N) is 1. The molecule has 0 heterocycles. The Labute approximate surface area is 126 Å². The first-order valence-corrected chi connectivity index (χ1v) is 7.03. The van der Waals surface area contributed by atoms with Crippen molar-refractivity contribution in [2.24, 2.45) is 0 Å². The highest BCUT2D eigenvalue weighted by Gasteiger charge is 2.05. The number of aliphatic hydroxyl groups is 1. The van der Waals surface area contributed by atoms with Crippen LogP contribution in [0.5, 0.6) is 11.5 Å². The van der Waals surface area contributed by atoms with Gasteiger partial charge < -0.3 is 20.1 Å². The van der Waals surface area contributed by atoms with Crippen LogP contribution in [0.1, 0.15) is 0 Å². The van der Waals surface area contributed by atoms with Gasteiger partial charge in [-0.25, -0.2) is 0 Å².